The minimum Gasteiger partial charge on any atom is -0.497 e. The number of hydrogen-bond acceptors (Lipinski definition) is 4. The number of oxime groups is 1. The highest BCUT2D eigenvalue weighted by atomic mass is 35.5. The minimum atomic E-state index is -0.0140. The normalized spacial score (nSPS) is 11.2. The Morgan fingerprint density at radius 2 is 1.95 bits per heavy atom. The Labute approximate surface area is 121 Å². The fraction of sp³-hybridized carbons (Fsp3) is 0.0714. The van der Waals surface area contributed by atoms with E-state index < -0.39 is 0 Å². The number of rotatable bonds is 4. The third kappa shape index (κ3) is 3.13. The van der Waals surface area contributed by atoms with Crippen LogP contribution in [0.15, 0.2) is 47.6 Å². The molecule has 0 unspecified atom stereocenters. The second kappa shape index (κ2) is 6.16. The zero-order chi connectivity index (χ0) is 14.5. The summed E-state index contributed by atoms with van der Waals surface area (Å²) in [5.74, 6) is 1.74. The monoisotopic (exact) mass is 292 g/mol. The van der Waals surface area contributed by atoms with E-state index in [2.05, 4.69) is 5.16 Å². The molecule has 20 heavy (non-hydrogen) atoms. The molecule has 0 bridgehead atoms. The molecule has 2 rings (SSSR count). The summed E-state index contributed by atoms with van der Waals surface area (Å²) in [4.78, 5) is 0. The fourth-order valence-corrected chi connectivity index (χ4v) is 1.81. The zero-order valence-electron chi connectivity index (χ0n) is 10.7. The third-order valence-corrected chi connectivity index (χ3v) is 2.90. The molecule has 104 valence electrons. The maximum Gasteiger partial charge on any atom is 0.170 e. The lowest BCUT2D eigenvalue weighted by atomic mass is 10.2. The van der Waals surface area contributed by atoms with Gasteiger partial charge in [-0.15, -0.1) is 0 Å². The zero-order valence-corrected chi connectivity index (χ0v) is 11.5. The number of halogens is 1. The molecule has 0 aliphatic carbocycles. The number of methoxy groups -OCH3 is 1. The Hall–Kier alpha value is -2.40. The molecule has 0 heterocycles. The summed E-state index contributed by atoms with van der Waals surface area (Å²) in [7, 11) is 1.58. The van der Waals surface area contributed by atoms with E-state index in [9.17, 15) is 0 Å². The van der Waals surface area contributed by atoms with Crippen LogP contribution in [0.1, 0.15) is 5.56 Å². The van der Waals surface area contributed by atoms with Gasteiger partial charge in [-0.25, -0.2) is 0 Å². The van der Waals surface area contributed by atoms with Crippen molar-refractivity contribution in [1.82, 2.24) is 0 Å². The van der Waals surface area contributed by atoms with E-state index in [1.165, 1.54) is 0 Å². The van der Waals surface area contributed by atoms with Crippen LogP contribution in [0, 0.1) is 0 Å². The highest BCUT2D eigenvalue weighted by Crippen LogP contribution is 2.31. The number of benzene rings is 2. The summed E-state index contributed by atoms with van der Waals surface area (Å²) in [5, 5.41) is 11.9. The predicted molar refractivity (Wildman–Crippen MR) is 77.0 cm³/mol. The van der Waals surface area contributed by atoms with E-state index in [1.807, 2.05) is 12.1 Å². The molecule has 2 aromatic carbocycles. The van der Waals surface area contributed by atoms with Crippen molar-refractivity contribution in [2.24, 2.45) is 10.9 Å². The maximum atomic E-state index is 8.62. The minimum absolute atomic E-state index is 0.0140. The molecule has 0 aromatic heterocycles. The summed E-state index contributed by atoms with van der Waals surface area (Å²) < 4.78 is 10.8. The van der Waals surface area contributed by atoms with Gasteiger partial charge >= 0.3 is 0 Å². The van der Waals surface area contributed by atoms with Crippen LogP contribution in [0.2, 0.25) is 5.02 Å². The Balaban J connectivity index is 2.25. The van der Waals surface area contributed by atoms with Gasteiger partial charge in [0.15, 0.2) is 5.84 Å². The standard InChI is InChI=1S/C14H13ClN2O3/c1-19-10-3-2-4-11(8-10)20-13-6-5-9(7-12(13)15)14(16)17-18/h2-8,18H,1H3,(H2,16,17). The topological polar surface area (TPSA) is 77.1 Å². The van der Waals surface area contributed by atoms with Crippen LogP contribution >= 0.6 is 11.6 Å². The lowest BCUT2D eigenvalue weighted by Crippen LogP contribution is -2.12. The molecule has 0 radical (unpaired) electrons. The Morgan fingerprint density at radius 3 is 2.60 bits per heavy atom. The van der Waals surface area contributed by atoms with Crippen molar-refractivity contribution < 1.29 is 14.7 Å². The first-order chi connectivity index (χ1) is 9.63. The molecule has 0 atom stereocenters. The van der Waals surface area contributed by atoms with E-state index in [4.69, 9.17) is 32.0 Å². The quantitative estimate of drug-likeness (QED) is 0.392. The van der Waals surface area contributed by atoms with Crippen LogP contribution in [0.3, 0.4) is 0 Å². The molecule has 0 fully saturated rings. The summed E-state index contributed by atoms with van der Waals surface area (Å²) >= 11 is 6.11. The van der Waals surface area contributed by atoms with Crippen molar-refractivity contribution in [1.29, 1.82) is 0 Å². The number of hydrogen-bond donors (Lipinski definition) is 2. The van der Waals surface area contributed by atoms with Gasteiger partial charge in [0.2, 0.25) is 0 Å². The molecule has 3 N–H and O–H groups in total. The van der Waals surface area contributed by atoms with Crippen LogP contribution < -0.4 is 15.2 Å². The van der Waals surface area contributed by atoms with Crippen LogP contribution in [0.5, 0.6) is 17.2 Å². The molecule has 0 aliphatic heterocycles. The summed E-state index contributed by atoms with van der Waals surface area (Å²) in [6.07, 6.45) is 0. The molecule has 5 nitrogen and oxygen atoms in total. The molecule has 0 saturated carbocycles. The van der Waals surface area contributed by atoms with E-state index in [-0.39, 0.29) is 5.84 Å². The van der Waals surface area contributed by atoms with Crippen LogP contribution in [0.4, 0.5) is 0 Å². The number of nitrogens with zero attached hydrogens (tertiary/aromatic N) is 1. The molecule has 2 aromatic rings. The molecule has 0 saturated heterocycles. The van der Waals surface area contributed by atoms with Crippen molar-refractivity contribution in [2.75, 3.05) is 7.11 Å². The fourth-order valence-electron chi connectivity index (χ4n) is 1.59. The molecule has 0 aliphatic rings. The van der Waals surface area contributed by atoms with Gasteiger partial charge in [-0.2, -0.15) is 0 Å². The van der Waals surface area contributed by atoms with E-state index in [1.54, 1.807) is 37.4 Å². The van der Waals surface area contributed by atoms with Crippen LogP contribution in [-0.2, 0) is 0 Å². The average Bonchev–Trinajstić information content (AvgIpc) is 2.48. The summed E-state index contributed by atoms with van der Waals surface area (Å²) in [6, 6.07) is 12.0. The lowest BCUT2D eigenvalue weighted by Gasteiger charge is -2.09. The molecule has 0 spiro atoms. The number of ether oxygens (including phenoxy) is 2. The van der Waals surface area contributed by atoms with E-state index in [0.717, 1.165) is 0 Å². The molecular weight excluding hydrogens is 280 g/mol. The van der Waals surface area contributed by atoms with Gasteiger partial charge in [0, 0.05) is 11.6 Å². The highest BCUT2D eigenvalue weighted by molar-refractivity contribution is 6.32. The smallest absolute Gasteiger partial charge is 0.170 e. The first kappa shape index (κ1) is 14.0. The van der Waals surface area contributed by atoms with Crippen molar-refractivity contribution in [2.45, 2.75) is 0 Å². The van der Waals surface area contributed by atoms with E-state index in [0.29, 0.717) is 27.8 Å². The van der Waals surface area contributed by atoms with Gasteiger partial charge in [0.1, 0.15) is 17.2 Å². The van der Waals surface area contributed by atoms with E-state index >= 15 is 0 Å². The summed E-state index contributed by atoms with van der Waals surface area (Å²) in [5.41, 5.74) is 6.00. The molecule has 0 amide bonds. The Morgan fingerprint density at radius 1 is 1.20 bits per heavy atom. The van der Waals surface area contributed by atoms with Crippen molar-refractivity contribution >= 4 is 17.4 Å². The summed E-state index contributed by atoms with van der Waals surface area (Å²) in [6.45, 7) is 0. The van der Waals surface area contributed by atoms with Crippen molar-refractivity contribution in [3.8, 4) is 17.2 Å². The average molecular weight is 293 g/mol. The SMILES string of the molecule is COc1cccc(Oc2ccc(C(N)=NO)cc2Cl)c1. The van der Waals surface area contributed by atoms with Gasteiger partial charge in [-0.1, -0.05) is 22.8 Å². The Kier molecular flexibility index (Phi) is 4.32. The van der Waals surface area contributed by atoms with Crippen LogP contribution in [-0.4, -0.2) is 18.2 Å². The van der Waals surface area contributed by atoms with Gasteiger partial charge in [-0.05, 0) is 30.3 Å². The number of amidine groups is 1. The van der Waals surface area contributed by atoms with Gasteiger partial charge in [-0.3, -0.25) is 0 Å². The largest absolute Gasteiger partial charge is 0.497 e. The second-order valence-electron chi connectivity index (χ2n) is 3.91. The number of nitrogens with two attached hydrogens (primary N) is 1. The molecule has 6 heteroatoms. The van der Waals surface area contributed by atoms with Crippen LogP contribution in [0.25, 0.3) is 0 Å². The first-order valence-electron chi connectivity index (χ1n) is 5.73. The third-order valence-electron chi connectivity index (χ3n) is 2.60. The predicted octanol–water partition coefficient (Wildman–Crippen LogP) is 3.24. The van der Waals surface area contributed by atoms with Gasteiger partial charge in [0.05, 0.1) is 12.1 Å². The van der Waals surface area contributed by atoms with Gasteiger partial charge < -0.3 is 20.4 Å². The maximum absolute atomic E-state index is 8.62. The molecular formula is C14H13ClN2O3. The first-order valence-corrected chi connectivity index (χ1v) is 6.11. The van der Waals surface area contributed by atoms with Crippen molar-refractivity contribution in [3.05, 3.63) is 53.1 Å². The van der Waals surface area contributed by atoms with Crippen molar-refractivity contribution in [3.63, 3.8) is 0 Å². The lowest BCUT2D eigenvalue weighted by molar-refractivity contribution is 0.318. The van der Waals surface area contributed by atoms with Gasteiger partial charge in [0.25, 0.3) is 0 Å². The Bertz CT molecular complexity index is 644. The second-order valence-corrected chi connectivity index (χ2v) is 4.32. The highest BCUT2D eigenvalue weighted by Gasteiger charge is 2.07.